The Morgan fingerprint density at radius 1 is 1.54 bits per heavy atom. The second kappa shape index (κ2) is 4.97. The Balaban J connectivity index is 2.98. The Bertz CT molecular complexity index is 294. The van der Waals surface area contributed by atoms with Crippen molar-refractivity contribution in [3.8, 4) is 5.75 Å². The van der Waals surface area contributed by atoms with Crippen molar-refractivity contribution < 1.29 is 4.74 Å². The van der Waals surface area contributed by atoms with E-state index in [0.29, 0.717) is 6.61 Å². The molecule has 0 heterocycles. The second-order valence-corrected chi connectivity index (χ2v) is 3.39. The number of benzene rings is 1. The first-order valence-electron chi connectivity index (χ1n) is 4.25. The molecule has 0 radical (unpaired) electrons. The van der Waals surface area contributed by atoms with E-state index in [1.54, 1.807) is 11.8 Å². The van der Waals surface area contributed by atoms with Gasteiger partial charge in [-0.1, -0.05) is 12.7 Å². The molecule has 2 heteroatoms. The first kappa shape index (κ1) is 10.2. The predicted molar refractivity (Wildman–Crippen MR) is 59.5 cm³/mol. The first-order chi connectivity index (χ1) is 6.31. The van der Waals surface area contributed by atoms with Gasteiger partial charge in [0.15, 0.2) is 0 Å². The Morgan fingerprint density at radius 3 is 2.85 bits per heavy atom. The van der Waals surface area contributed by atoms with Crippen LogP contribution in [0.5, 0.6) is 5.75 Å². The highest BCUT2D eigenvalue weighted by Gasteiger charge is 1.99. The molecule has 70 valence electrons. The first-order valence-corrected chi connectivity index (χ1v) is 5.47. The SMILES string of the molecule is C=Cc1cc(OCC)ccc1SC. The van der Waals surface area contributed by atoms with Gasteiger partial charge in [0.05, 0.1) is 6.61 Å². The van der Waals surface area contributed by atoms with Gasteiger partial charge in [-0.15, -0.1) is 11.8 Å². The molecule has 0 fully saturated rings. The van der Waals surface area contributed by atoms with Gasteiger partial charge < -0.3 is 4.74 Å². The summed E-state index contributed by atoms with van der Waals surface area (Å²) in [5.41, 5.74) is 1.14. The Morgan fingerprint density at radius 2 is 2.31 bits per heavy atom. The van der Waals surface area contributed by atoms with Crippen LogP contribution in [0, 0.1) is 0 Å². The Labute approximate surface area is 83.8 Å². The lowest BCUT2D eigenvalue weighted by Gasteiger charge is -2.06. The fraction of sp³-hybridized carbons (Fsp3) is 0.273. The van der Waals surface area contributed by atoms with Crippen LogP contribution in [0.1, 0.15) is 12.5 Å². The molecule has 0 aliphatic rings. The number of thioether (sulfide) groups is 1. The monoisotopic (exact) mass is 194 g/mol. The quantitative estimate of drug-likeness (QED) is 0.679. The van der Waals surface area contributed by atoms with E-state index >= 15 is 0 Å². The zero-order valence-corrected chi connectivity index (χ0v) is 8.86. The lowest BCUT2D eigenvalue weighted by molar-refractivity contribution is 0.340. The molecule has 1 aromatic rings. The lowest BCUT2D eigenvalue weighted by Crippen LogP contribution is -1.91. The zero-order valence-electron chi connectivity index (χ0n) is 8.04. The molecule has 0 N–H and O–H groups in total. The molecule has 0 amide bonds. The van der Waals surface area contributed by atoms with Crippen molar-refractivity contribution >= 4 is 17.8 Å². The molecule has 13 heavy (non-hydrogen) atoms. The van der Waals surface area contributed by atoms with Crippen LogP contribution >= 0.6 is 11.8 Å². The highest BCUT2D eigenvalue weighted by atomic mass is 32.2. The summed E-state index contributed by atoms with van der Waals surface area (Å²) in [5, 5.41) is 0. The van der Waals surface area contributed by atoms with Gasteiger partial charge in [0.25, 0.3) is 0 Å². The number of ether oxygens (including phenoxy) is 1. The van der Waals surface area contributed by atoms with Gasteiger partial charge in [0.1, 0.15) is 5.75 Å². The van der Waals surface area contributed by atoms with Crippen molar-refractivity contribution in [2.24, 2.45) is 0 Å². The summed E-state index contributed by atoms with van der Waals surface area (Å²) in [6, 6.07) is 6.07. The molecule has 0 spiro atoms. The molecule has 0 aromatic heterocycles. The molecule has 1 nitrogen and oxygen atoms in total. The van der Waals surface area contributed by atoms with Gasteiger partial charge in [-0.25, -0.2) is 0 Å². The van der Waals surface area contributed by atoms with E-state index in [-0.39, 0.29) is 0 Å². The molecule has 0 unspecified atom stereocenters. The van der Waals surface area contributed by atoms with E-state index in [0.717, 1.165) is 11.3 Å². The normalized spacial score (nSPS) is 9.69. The summed E-state index contributed by atoms with van der Waals surface area (Å²) >= 11 is 1.72. The van der Waals surface area contributed by atoms with E-state index < -0.39 is 0 Å². The molecule has 0 aliphatic heterocycles. The standard InChI is InChI=1S/C11H14OS/c1-4-9-8-10(12-5-2)6-7-11(9)13-3/h4,6-8H,1,5H2,2-3H3. The summed E-state index contributed by atoms with van der Waals surface area (Å²) in [7, 11) is 0. The maximum atomic E-state index is 5.39. The van der Waals surface area contributed by atoms with Crippen LogP contribution in [0.15, 0.2) is 29.7 Å². The predicted octanol–water partition coefficient (Wildman–Crippen LogP) is 3.45. The minimum absolute atomic E-state index is 0.704. The van der Waals surface area contributed by atoms with Gasteiger partial charge >= 0.3 is 0 Å². The van der Waals surface area contributed by atoms with E-state index in [2.05, 4.69) is 18.9 Å². The van der Waals surface area contributed by atoms with Crippen molar-refractivity contribution in [3.63, 3.8) is 0 Å². The molecule has 1 rings (SSSR count). The van der Waals surface area contributed by atoms with Crippen molar-refractivity contribution in [1.29, 1.82) is 0 Å². The molecule has 0 saturated carbocycles. The van der Waals surface area contributed by atoms with Crippen LogP contribution in [0.2, 0.25) is 0 Å². The molecular weight excluding hydrogens is 180 g/mol. The maximum absolute atomic E-state index is 5.39. The van der Waals surface area contributed by atoms with Gasteiger partial charge in [-0.2, -0.15) is 0 Å². The molecule has 0 bridgehead atoms. The lowest BCUT2D eigenvalue weighted by atomic mass is 10.2. The van der Waals surface area contributed by atoms with Crippen molar-refractivity contribution in [3.05, 3.63) is 30.3 Å². The van der Waals surface area contributed by atoms with Gasteiger partial charge in [0.2, 0.25) is 0 Å². The van der Waals surface area contributed by atoms with Gasteiger partial charge in [-0.3, -0.25) is 0 Å². The molecule has 0 atom stereocenters. The maximum Gasteiger partial charge on any atom is 0.119 e. The summed E-state index contributed by atoms with van der Waals surface area (Å²) in [4.78, 5) is 1.23. The molecular formula is C11H14OS. The summed E-state index contributed by atoms with van der Waals surface area (Å²) in [6.45, 7) is 6.46. The second-order valence-electron chi connectivity index (χ2n) is 2.54. The van der Waals surface area contributed by atoms with Crippen molar-refractivity contribution in [1.82, 2.24) is 0 Å². The minimum atomic E-state index is 0.704. The van der Waals surface area contributed by atoms with Crippen LogP contribution in [0.25, 0.3) is 6.08 Å². The zero-order chi connectivity index (χ0) is 9.68. The van der Waals surface area contributed by atoms with Crippen LogP contribution in [0.3, 0.4) is 0 Å². The van der Waals surface area contributed by atoms with Gasteiger partial charge in [-0.05, 0) is 36.9 Å². The topological polar surface area (TPSA) is 9.23 Å². The van der Waals surface area contributed by atoms with Crippen LogP contribution < -0.4 is 4.74 Å². The molecule has 0 aliphatic carbocycles. The fourth-order valence-corrected chi connectivity index (χ4v) is 1.71. The summed E-state index contributed by atoms with van der Waals surface area (Å²) in [6.07, 6.45) is 3.91. The summed E-state index contributed by atoms with van der Waals surface area (Å²) < 4.78 is 5.39. The van der Waals surface area contributed by atoms with Crippen LogP contribution in [-0.2, 0) is 0 Å². The minimum Gasteiger partial charge on any atom is -0.494 e. The van der Waals surface area contributed by atoms with E-state index in [1.807, 2.05) is 25.1 Å². The molecule has 1 aromatic carbocycles. The average molecular weight is 194 g/mol. The highest BCUT2D eigenvalue weighted by Crippen LogP contribution is 2.25. The van der Waals surface area contributed by atoms with Crippen LogP contribution in [-0.4, -0.2) is 12.9 Å². The van der Waals surface area contributed by atoms with Gasteiger partial charge in [0, 0.05) is 4.90 Å². The van der Waals surface area contributed by atoms with E-state index in [9.17, 15) is 0 Å². The third-order valence-electron chi connectivity index (χ3n) is 1.73. The summed E-state index contributed by atoms with van der Waals surface area (Å²) in [5.74, 6) is 0.912. The largest absolute Gasteiger partial charge is 0.494 e. The third-order valence-corrected chi connectivity index (χ3v) is 2.54. The van der Waals surface area contributed by atoms with Crippen LogP contribution in [0.4, 0.5) is 0 Å². The van der Waals surface area contributed by atoms with Crippen molar-refractivity contribution in [2.45, 2.75) is 11.8 Å². The number of hydrogen-bond donors (Lipinski definition) is 0. The smallest absolute Gasteiger partial charge is 0.119 e. The fourth-order valence-electron chi connectivity index (χ4n) is 1.13. The molecule has 0 saturated heterocycles. The number of hydrogen-bond acceptors (Lipinski definition) is 2. The van der Waals surface area contributed by atoms with E-state index in [4.69, 9.17) is 4.74 Å². The van der Waals surface area contributed by atoms with Crippen molar-refractivity contribution in [2.75, 3.05) is 12.9 Å². The third kappa shape index (κ3) is 2.52. The average Bonchev–Trinajstić information content (AvgIpc) is 2.18. The highest BCUT2D eigenvalue weighted by molar-refractivity contribution is 7.98. The van der Waals surface area contributed by atoms with E-state index in [1.165, 1.54) is 4.90 Å². The Hall–Kier alpha value is -0.890. The Kier molecular flexibility index (Phi) is 3.90. The number of rotatable bonds is 4.